The van der Waals surface area contributed by atoms with Crippen molar-refractivity contribution in [2.45, 2.75) is 47.5 Å². The largest absolute Gasteiger partial charge is 0.466 e. The van der Waals surface area contributed by atoms with Crippen molar-refractivity contribution in [2.75, 3.05) is 6.61 Å². The minimum Gasteiger partial charge on any atom is -0.466 e. The molecule has 1 aliphatic rings. The van der Waals surface area contributed by atoms with Crippen LogP contribution in [0.3, 0.4) is 0 Å². The first-order valence-electron chi connectivity index (χ1n) is 6.81. The van der Waals surface area contributed by atoms with E-state index in [0.29, 0.717) is 24.9 Å². The Kier molecular flexibility index (Phi) is 4.78. The van der Waals surface area contributed by atoms with Gasteiger partial charge in [-0.25, -0.2) is 0 Å². The van der Waals surface area contributed by atoms with E-state index in [1.165, 1.54) is 11.1 Å². The molecule has 0 heterocycles. The van der Waals surface area contributed by atoms with Crippen LogP contribution in [0.15, 0.2) is 23.8 Å². The van der Waals surface area contributed by atoms with E-state index in [9.17, 15) is 4.79 Å². The third kappa shape index (κ3) is 2.85. The Bertz CT molecular complexity index is 367. The highest BCUT2D eigenvalue weighted by molar-refractivity contribution is 5.71. The molecule has 0 fully saturated rings. The average molecular weight is 250 g/mol. The summed E-state index contributed by atoms with van der Waals surface area (Å²) in [6, 6.07) is 0. The van der Waals surface area contributed by atoms with Gasteiger partial charge in [0.1, 0.15) is 0 Å². The number of hydrogen-bond donors (Lipinski definition) is 0. The molecule has 0 aliphatic heterocycles. The van der Waals surface area contributed by atoms with Crippen molar-refractivity contribution in [2.24, 2.45) is 17.3 Å². The lowest BCUT2D eigenvalue weighted by Gasteiger charge is -2.44. The van der Waals surface area contributed by atoms with Crippen LogP contribution in [0.2, 0.25) is 0 Å². The van der Waals surface area contributed by atoms with Gasteiger partial charge in [0.15, 0.2) is 0 Å². The predicted molar refractivity (Wildman–Crippen MR) is 75.2 cm³/mol. The van der Waals surface area contributed by atoms with Crippen molar-refractivity contribution < 1.29 is 9.53 Å². The van der Waals surface area contributed by atoms with E-state index in [-0.39, 0.29) is 11.4 Å². The van der Waals surface area contributed by atoms with Crippen LogP contribution in [0.4, 0.5) is 0 Å². The Morgan fingerprint density at radius 3 is 2.72 bits per heavy atom. The number of ether oxygens (including phenoxy) is 1. The van der Waals surface area contributed by atoms with Crippen LogP contribution in [-0.2, 0) is 9.53 Å². The summed E-state index contributed by atoms with van der Waals surface area (Å²) in [6.07, 6.45) is 3.77. The molecular formula is C16H26O2. The molecule has 2 nitrogen and oxygen atoms in total. The zero-order valence-electron chi connectivity index (χ0n) is 12.4. The van der Waals surface area contributed by atoms with E-state index in [1.54, 1.807) is 0 Å². The van der Waals surface area contributed by atoms with Crippen molar-refractivity contribution >= 4 is 5.97 Å². The maximum atomic E-state index is 11.8. The van der Waals surface area contributed by atoms with Gasteiger partial charge in [0.25, 0.3) is 0 Å². The van der Waals surface area contributed by atoms with Crippen LogP contribution in [0.25, 0.3) is 0 Å². The van der Waals surface area contributed by atoms with Crippen molar-refractivity contribution in [3.05, 3.63) is 23.8 Å². The van der Waals surface area contributed by atoms with E-state index in [4.69, 9.17) is 4.74 Å². The zero-order valence-corrected chi connectivity index (χ0v) is 12.4. The third-order valence-corrected chi connectivity index (χ3v) is 4.64. The lowest BCUT2D eigenvalue weighted by molar-refractivity contribution is -0.146. The number of carbonyl (C=O) groups excluding carboxylic acids is 1. The second-order valence-electron chi connectivity index (χ2n) is 5.76. The van der Waals surface area contributed by atoms with Crippen molar-refractivity contribution in [3.63, 3.8) is 0 Å². The molecule has 0 amide bonds. The molecule has 0 spiro atoms. The molecule has 0 saturated heterocycles. The molecule has 0 unspecified atom stereocenters. The summed E-state index contributed by atoms with van der Waals surface area (Å²) in [7, 11) is 0. The average Bonchev–Trinajstić information content (AvgIpc) is 2.26. The first kappa shape index (κ1) is 15.0. The van der Waals surface area contributed by atoms with E-state index in [0.717, 1.165) is 6.42 Å². The summed E-state index contributed by atoms with van der Waals surface area (Å²) >= 11 is 0. The number of carbonyl (C=O) groups is 1. The molecule has 1 rings (SSSR count). The van der Waals surface area contributed by atoms with Crippen molar-refractivity contribution in [1.82, 2.24) is 0 Å². The fraction of sp³-hybridized carbons (Fsp3) is 0.688. The molecule has 3 atom stereocenters. The van der Waals surface area contributed by atoms with Crippen molar-refractivity contribution in [1.29, 1.82) is 0 Å². The number of hydrogen-bond acceptors (Lipinski definition) is 2. The lowest BCUT2D eigenvalue weighted by Crippen LogP contribution is -2.37. The van der Waals surface area contributed by atoms with Gasteiger partial charge in [0.05, 0.1) is 13.0 Å². The summed E-state index contributed by atoms with van der Waals surface area (Å²) in [5, 5.41) is 0. The molecule has 0 radical (unpaired) electrons. The molecule has 1 aliphatic carbocycles. The second-order valence-corrected chi connectivity index (χ2v) is 5.76. The number of allylic oxidation sites excluding steroid dienone is 3. The van der Waals surface area contributed by atoms with Crippen LogP contribution in [-0.4, -0.2) is 12.6 Å². The van der Waals surface area contributed by atoms with E-state index in [2.05, 4.69) is 40.3 Å². The molecule has 0 N–H and O–H groups in total. The Labute approximate surface area is 111 Å². The third-order valence-electron chi connectivity index (χ3n) is 4.64. The van der Waals surface area contributed by atoms with Crippen molar-refractivity contribution in [3.8, 4) is 0 Å². The molecule has 0 saturated carbocycles. The van der Waals surface area contributed by atoms with Crippen LogP contribution in [0.1, 0.15) is 47.5 Å². The number of esters is 1. The molecule has 18 heavy (non-hydrogen) atoms. The highest BCUT2D eigenvalue weighted by atomic mass is 16.5. The van der Waals surface area contributed by atoms with Gasteiger partial charge in [0.2, 0.25) is 0 Å². The Morgan fingerprint density at radius 2 is 2.22 bits per heavy atom. The normalized spacial score (nSPS) is 31.7. The molecule has 2 heteroatoms. The summed E-state index contributed by atoms with van der Waals surface area (Å²) in [4.78, 5) is 11.8. The maximum absolute atomic E-state index is 11.8. The quantitative estimate of drug-likeness (QED) is 0.554. The van der Waals surface area contributed by atoms with Gasteiger partial charge in [-0.15, -0.1) is 0 Å². The Hall–Kier alpha value is -1.05. The zero-order chi connectivity index (χ0) is 13.9. The van der Waals surface area contributed by atoms with Crippen LogP contribution < -0.4 is 0 Å². The number of rotatable bonds is 4. The fourth-order valence-electron chi connectivity index (χ4n) is 2.98. The Morgan fingerprint density at radius 1 is 1.61 bits per heavy atom. The summed E-state index contributed by atoms with van der Waals surface area (Å²) in [6.45, 7) is 15.0. The molecule has 0 bridgehead atoms. The van der Waals surface area contributed by atoms with Gasteiger partial charge in [-0.3, -0.25) is 4.79 Å². The van der Waals surface area contributed by atoms with Gasteiger partial charge >= 0.3 is 5.97 Å². The standard InChI is InChI=1S/C16H26O2/c1-7-18-15(17)10-16(6)12(4)8-9-14(11(2)3)13(16)5/h8,13-14H,2,7,9-10H2,1,3-6H3/t13-,14-,16-/m0/s1. The van der Waals surface area contributed by atoms with Gasteiger partial charge in [-0.2, -0.15) is 0 Å². The van der Waals surface area contributed by atoms with Gasteiger partial charge < -0.3 is 4.74 Å². The smallest absolute Gasteiger partial charge is 0.306 e. The van der Waals surface area contributed by atoms with Gasteiger partial charge in [0, 0.05) is 5.41 Å². The van der Waals surface area contributed by atoms with E-state index >= 15 is 0 Å². The van der Waals surface area contributed by atoms with Crippen LogP contribution in [0.5, 0.6) is 0 Å². The van der Waals surface area contributed by atoms with E-state index < -0.39 is 0 Å². The fourth-order valence-corrected chi connectivity index (χ4v) is 2.98. The molecule has 0 aromatic carbocycles. The predicted octanol–water partition coefficient (Wildman–Crippen LogP) is 4.12. The molecule has 0 aromatic rings. The van der Waals surface area contributed by atoms with Crippen LogP contribution >= 0.6 is 0 Å². The lowest BCUT2D eigenvalue weighted by atomic mass is 9.60. The minimum absolute atomic E-state index is 0.0954. The van der Waals surface area contributed by atoms with Crippen LogP contribution in [0, 0.1) is 17.3 Å². The monoisotopic (exact) mass is 250 g/mol. The van der Waals surface area contributed by atoms with E-state index in [1.807, 2.05) is 6.92 Å². The summed E-state index contributed by atoms with van der Waals surface area (Å²) in [5.41, 5.74) is 2.41. The maximum Gasteiger partial charge on any atom is 0.306 e. The van der Waals surface area contributed by atoms with Gasteiger partial charge in [-0.1, -0.05) is 37.6 Å². The Balaban J connectivity index is 2.95. The minimum atomic E-state index is -0.103. The topological polar surface area (TPSA) is 26.3 Å². The highest BCUT2D eigenvalue weighted by Crippen LogP contribution is 2.48. The first-order chi connectivity index (χ1) is 8.32. The first-order valence-corrected chi connectivity index (χ1v) is 6.81. The molecule has 102 valence electrons. The highest BCUT2D eigenvalue weighted by Gasteiger charge is 2.42. The molecule has 0 aromatic heterocycles. The van der Waals surface area contributed by atoms with Gasteiger partial charge in [-0.05, 0) is 39.0 Å². The summed E-state index contributed by atoms with van der Waals surface area (Å²) < 4.78 is 5.11. The summed E-state index contributed by atoms with van der Waals surface area (Å²) in [5.74, 6) is 0.791. The molecular weight excluding hydrogens is 224 g/mol. The second kappa shape index (κ2) is 5.73. The SMILES string of the molecule is C=C(C)[C@@H]1CC=C(C)[C@](C)(CC(=O)OCC)[C@H]1C.